The van der Waals surface area contributed by atoms with E-state index in [1.165, 1.54) is 6.42 Å². The molecule has 3 aromatic rings. The maximum atomic E-state index is 13.8. The predicted molar refractivity (Wildman–Crippen MR) is 123 cm³/mol. The molecule has 7 nitrogen and oxygen atoms in total. The molecule has 1 aliphatic carbocycles. The molecule has 1 aromatic heterocycles. The number of hydrogen-bond donors (Lipinski definition) is 1. The number of carbonyl (C=O) groups is 2. The minimum atomic E-state index is -0.767. The fourth-order valence-electron chi connectivity index (χ4n) is 4.69. The van der Waals surface area contributed by atoms with Crippen molar-refractivity contribution in [2.45, 2.75) is 50.7 Å². The average Bonchev–Trinajstić information content (AvgIpc) is 3.23. The number of halogens is 1. The van der Waals surface area contributed by atoms with Crippen LogP contribution in [0.4, 0.5) is 0 Å². The van der Waals surface area contributed by atoms with E-state index in [-0.39, 0.29) is 24.4 Å². The van der Waals surface area contributed by atoms with Crippen molar-refractivity contribution in [3.8, 4) is 5.69 Å². The Morgan fingerprint density at radius 2 is 1.91 bits per heavy atom. The van der Waals surface area contributed by atoms with Gasteiger partial charge in [0, 0.05) is 10.5 Å². The van der Waals surface area contributed by atoms with Crippen LogP contribution < -0.4 is 5.32 Å². The lowest BCUT2D eigenvalue weighted by atomic mass is 9.94. The predicted octanol–water partition coefficient (Wildman–Crippen LogP) is 4.18. The Balaban J connectivity index is 1.58. The highest BCUT2D eigenvalue weighted by molar-refractivity contribution is 9.10. The van der Waals surface area contributed by atoms with E-state index >= 15 is 0 Å². The second kappa shape index (κ2) is 8.86. The summed E-state index contributed by atoms with van der Waals surface area (Å²) in [4.78, 5) is 29.1. The summed E-state index contributed by atoms with van der Waals surface area (Å²) in [6, 6.07) is 14.3. The van der Waals surface area contributed by atoms with Crippen LogP contribution in [0.15, 0.2) is 59.2 Å². The van der Waals surface area contributed by atoms with Gasteiger partial charge in [-0.15, -0.1) is 5.10 Å². The second-order valence-corrected chi connectivity index (χ2v) is 9.30. The molecule has 1 fully saturated rings. The molecule has 8 heteroatoms. The largest absolute Gasteiger partial charge is 0.351 e. The fourth-order valence-corrected chi connectivity index (χ4v) is 5.11. The molecule has 164 valence electrons. The van der Waals surface area contributed by atoms with E-state index in [0.29, 0.717) is 11.3 Å². The quantitative estimate of drug-likeness (QED) is 0.591. The first-order valence-electron chi connectivity index (χ1n) is 11.0. The molecule has 32 heavy (non-hydrogen) atoms. The number of nitrogens with zero attached hydrogens (tertiary/aromatic N) is 4. The van der Waals surface area contributed by atoms with Gasteiger partial charge in [-0.1, -0.05) is 64.7 Å². The Kier molecular flexibility index (Phi) is 5.78. The standard InChI is InChI=1S/C24H24BrN5O2/c25-17-8-6-7-16(13-17)22(23(31)27-18-9-2-1-3-10-18)29-15-19-14-26-28-30(19)21-12-5-4-11-20(21)24(29)32/h4-8,11-14,18,22H,1-3,9-10,15H2,(H,27,31). The Morgan fingerprint density at radius 3 is 2.72 bits per heavy atom. The molecule has 0 radical (unpaired) electrons. The molecular formula is C24H24BrN5O2. The van der Waals surface area contributed by atoms with Gasteiger partial charge in [0.05, 0.1) is 29.7 Å². The van der Waals surface area contributed by atoms with Crippen LogP contribution in [-0.4, -0.2) is 37.7 Å². The number of amides is 2. The molecule has 0 spiro atoms. The molecule has 1 saturated carbocycles. The van der Waals surface area contributed by atoms with Crippen molar-refractivity contribution in [2.75, 3.05) is 0 Å². The first kappa shape index (κ1) is 20.9. The zero-order chi connectivity index (χ0) is 22.1. The summed E-state index contributed by atoms with van der Waals surface area (Å²) in [6.07, 6.45) is 7.05. The number of hydrogen-bond acceptors (Lipinski definition) is 4. The van der Waals surface area contributed by atoms with Crippen LogP contribution in [0.3, 0.4) is 0 Å². The minimum absolute atomic E-state index is 0.146. The van der Waals surface area contributed by atoms with Crippen molar-refractivity contribution in [1.82, 2.24) is 25.2 Å². The van der Waals surface area contributed by atoms with Gasteiger partial charge in [0.25, 0.3) is 5.91 Å². The number of para-hydroxylation sites is 1. The van der Waals surface area contributed by atoms with Crippen molar-refractivity contribution in [2.24, 2.45) is 0 Å². The second-order valence-electron chi connectivity index (χ2n) is 8.39. The Morgan fingerprint density at radius 1 is 1.09 bits per heavy atom. The van der Waals surface area contributed by atoms with E-state index in [4.69, 9.17) is 0 Å². The molecule has 2 aliphatic rings. The van der Waals surface area contributed by atoms with Crippen molar-refractivity contribution < 1.29 is 9.59 Å². The molecule has 0 bridgehead atoms. The number of aromatic nitrogens is 3. The Hall–Kier alpha value is -3.00. The maximum absolute atomic E-state index is 13.8. The molecule has 2 amide bonds. The summed E-state index contributed by atoms with van der Waals surface area (Å²) in [6.45, 7) is 0.232. The lowest BCUT2D eigenvalue weighted by Gasteiger charge is -2.32. The van der Waals surface area contributed by atoms with E-state index in [1.807, 2.05) is 42.5 Å². The Labute approximate surface area is 194 Å². The topological polar surface area (TPSA) is 80.1 Å². The van der Waals surface area contributed by atoms with Crippen molar-refractivity contribution in [3.05, 3.63) is 76.0 Å². The first-order valence-corrected chi connectivity index (χ1v) is 11.8. The third kappa shape index (κ3) is 3.95. The highest BCUT2D eigenvalue weighted by Gasteiger charge is 2.37. The van der Waals surface area contributed by atoms with Crippen LogP contribution in [0.5, 0.6) is 0 Å². The minimum Gasteiger partial charge on any atom is -0.351 e. The van der Waals surface area contributed by atoms with Gasteiger partial charge in [-0.3, -0.25) is 9.59 Å². The number of fused-ring (bicyclic) bond motifs is 3. The van der Waals surface area contributed by atoms with Gasteiger partial charge in [-0.2, -0.15) is 0 Å². The third-order valence-corrected chi connectivity index (χ3v) is 6.74. The number of nitrogens with one attached hydrogen (secondary N) is 1. The van der Waals surface area contributed by atoms with Crippen LogP contribution in [0.25, 0.3) is 5.69 Å². The average molecular weight is 494 g/mol. The van der Waals surface area contributed by atoms with Gasteiger partial charge >= 0.3 is 0 Å². The van der Waals surface area contributed by atoms with Crippen LogP contribution >= 0.6 is 15.9 Å². The summed E-state index contributed by atoms with van der Waals surface area (Å²) in [5.74, 6) is -0.350. The Bertz CT molecular complexity index is 1150. The summed E-state index contributed by atoms with van der Waals surface area (Å²) < 4.78 is 2.55. The number of benzene rings is 2. The molecule has 1 N–H and O–H groups in total. The van der Waals surface area contributed by atoms with E-state index in [9.17, 15) is 9.59 Å². The first-order chi connectivity index (χ1) is 15.6. The smallest absolute Gasteiger partial charge is 0.257 e. The van der Waals surface area contributed by atoms with Crippen molar-refractivity contribution >= 4 is 27.7 Å². The van der Waals surface area contributed by atoms with E-state index in [2.05, 4.69) is 31.6 Å². The summed E-state index contributed by atoms with van der Waals surface area (Å²) >= 11 is 3.52. The SMILES string of the molecule is O=C(NC1CCCCC1)C(c1cccc(Br)c1)N1Cc2cnnn2-c2ccccc2C1=O. The molecule has 2 heterocycles. The van der Waals surface area contributed by atoms with E-state index in [0.717, 1.165) is 41.4 Å². The zero-order valence-electron chi connectivity index (χ0n) is 17.6. The molecule has 2 aromatic carbocycles. The highest BCUT2D eigenvalue weighted by Crippen LogP contribution is 2.32. The summed E-state index contributed by atoms with van der Waals surface area (Å²) in [5, 5.41) is 11.5. The van der Waals surface area contributed by atoms with Crippen LogP contribution in [0.2, 0.25) is 0 Å². The van der Waals surface area contributed by atoms with Crippen molar-refractivity contribution in [3.63, 3.8) is 0 Å². The summed E-state index contributed by atoms with van der Waals surface area (Å²) in [7, 11) is 0. The monoisotopic (exact) mass is 493 g/mol. The lowest BCUT2D eigenvalue weighted by molar-refractivity contribution is -0.127. The van der Waals surface area contributed by atoms with Gasteiger partial charge in [-0.05, 0) is 42.7 Å². The molecule has 1 unspecified atom stereocenters. The van der Waals surface area contributed by atoms with E-state index < -0.39 is 6.04 Å². The highest BCUT2D eigenvalue weighted by atomic mass is 79.9. The summed E-state index contributed by atoms with van der Waals surface area (Å²) in [5.41, 5.74) is 2.70. The number of rotatable bonds is 4. The van der Waals surface area contributed by atoms with Gasteiger partial charge in [0.2, 0.25) is 5.91 Å². The zero-order valence-corrected chi connectivity index (χ0v) is 19.2. The van der Waals surface area contributed by atoms with E-state index in [1.54, 1.807) is 21.8 Å². The fraction of sp³-hybridized carbons (Fsp3) is 0.333. The van der Waals surface area contributed by atoms with Gasteiger partial charge in [-0.25, -0.2) is 4.68 Å². The molecule has 1 aliphatic heterocycles. The number of carbonyl (C=O) groups excluding carboxylic acids is 2. The van der Waals surface area contributed by atoms with Gasteiger partial charge < -0.3 is 10.2 Å². The van der Waals surface area contributed by atoms with Crippen molar-refractivity contribution in [1.29, 1.82) is 0 Å². The normalized spacial score (nSPS) is 17.3. The molecular weight excluding hydrogens is 470 g/mol. The third-order valence-electron chi connectivity index (χ3n) is 6.25. The molecule has 5 rings (SSSR count). The van der Waals surface area contributed by atoms with Gasteiger partial charge in [0.15, 0.2) is 0 Å². The van der Waals surface area contributed by atoms with Crippen LogP contribution in [0.1, 0.15) is 59.8 Å². The molecule has 1 atom stereocenters. The van der Waals surface area contributed by atoms with Crippen LogP contribution in [-0.2, 0) is 11.3 Å². The lowest BCUT2D eigenvalue weighted by Crippen LogP contribution is -2.46. The van der Waals surface area contributed by atoms with Gasteiger partial charge in [0.1, 0.15) is 6.04 Å². The molecule has 0 saturated heterocycles. The maximum Gasteiger partial charge on any atom is 0.257 e. The van der Waals surface area contributed by atoms with Crippen LogP contribution in [0, 0.1) is 0 Å².